The second-order valence-corrected chi connectivity index (χ2v) is 11.2. The topological polar surface area (TPSA) is 78.5 Å². The second-order valence-electron chi connectivity index (χ2n) is 8.81. The van der Waals surface area contributed by atoms with Crippen LogP contribution in [0.3, 0.4) is 0 Å². The highest BCUT2D eigenvalue weighted by atomic mass is 35.5. The summed E-state index contributed by atoms with van der Waals surface area (Å²) in [6.07, 6.45) is 3.74. The highest BCUT2D eigenvalue weighted by Gasteiger charge is 2.33. The van der Waals surface area contributed by atoms with Gasteiger partial charge in [-0.1, -0.05) is 59.3 Å². The monoisotopic (exact) mass is 572 g/mol. The van der Waals surface area contributed by atoms with Crippen LogP contribution in [0.2, 0.25) is 5.02 Å². The van der Waals surface area contributed by atoms with E-state index in [2.05, 4.69) is 4.99 Å². The number of fused-ring (bicyclic) bond motifs is 1. The molecule has 0 saturated carbocycles. The van der Waals surface area contributed by atoms with Crippen molar-refractivity contribution in [1.82, 2.24) is 14.3 Å². The lowest BCUT2D eigenvalue weighted by molar-refractivity contribution is -0.136. The average Bonchev–Trinajstić information content (AvgIpc) is 3.69. The van der Waals surface area contributed by atoms with Crippen LogP contribution in [-0.4, -0.2) is 27.4 Å². The zero-order chi connectivity index (χ0) is 27.1. The van der Waals surface area contributed by atoms with Crippen LogP contribution in [0, 0.1) is 0 Å². The van der Waals surface area contributed by atoms with Crippen molar-refractivity contribution in [1.29, 1.82) is 0 Å². The molecule has 0 N–H and O–H groups in total. The number of rotatable bonds is 5. The number of nitrogens with zero attached hydrogens (tertiary/aromatic N) is 4. The predicted molar refractivity (Wildman–Crippen MR) is 154 cm³/mol. The Morgan fingerprint density at radius 2 is 1.85 bits per heavy atom. The predicted octanol–water partition coefficient (Wildman–Crippen LogP) is 4.98. The number of ether oxygens (including phenoxy) is 1. The summed E-state index contributed by atoms with van der Waals surface area (Å²) in [6.45, 7) is 1.77. The van der Waals surface area contributed by atoms with Gasteiger partial charge >= 0.3 is 5.97 Å². The number of para-hydroxylation sites is 1. The van der Waals surface area contributed by atoms with Crippen molar-refractivity contribution in [3.8, 4) is 16.9 Å². The van der Waals surface area contributed by atoms with Gasteiger partial charge in [0.05, 0.1) is 28.6 Å². The van der Waals surface area contributed by atoms with Crippen LogP contribution in [0.15, 0.2) is 99.4 Å². The SMILES string of the molecule is COC(=O)C1=C(C)N=c2s/c(=C/c3cn(-c4ccccc4)nc3-c3ccc(Cl)cc3)c(=O)n2C1c1cccs1. The number of aromatic nitrogens is 3. The number of benzene rings is 2. The molecule has 0 saturated heterocycles. The van der Waals surface area contributed by atoms with E-state index in [1.54, 1.807) is 16.2 Å². The lowest BCUT2D eigenvalue weighted by Gasteiger charge is -2.22. The van der Waals surface area contributed by atoms with Gasteiger partial charge in [-0.25, -0.2) is 14.5 Å². The van der Waals surface area contributed by atoms with Gasteiger partial charge < -0.3 is 4.74 Å². The van der Waals surface area contributed by atoms with E-state index in [4.69, 9.17) is 21.4 Å². The number of allylic oxidation sites excluding steroid dienone is 1. The minimum atomic E-state index is -0.612. The molecule has 0 amide bonds. The maximum absolute atomic E-state index is 13.9. The fourth-order valence-corrected chi connectivity index (χ4v) is 6.57. The van der Waals surface area contributed by atoms with E-state index in [-0.39, 0.29) is 5.56 Å². The van der Waals surface area contributed by atoms with Crippen LogP contribution in [0.4, 0.5) is 0 Å². The zero-order valence-electron chi connectivity index (χ0n) is 20.9. The van der Waals surface area contributed by atoms with E-state index in [1.807, 2.05) is 84.4 Å². The van der Waals surface area contributed by atoms with Crippen molar-refractivity contribution in [2.75, 3.05) is 7.11 Å². The van der Waals surface area contributed by atoms with Crippen LogP contribution in [0.1, 0.15) is 23.4 Å². The highest BCUT2D eigenvalue weighted by molar-refractivity contribution is 7.10. The Balaban J connectivity index is 1.56. The van der Waals surface area contributed by atoms with E-state index < -0.39 is 12.0 Å². The number of thiophene rings is 1. The molecule has 0 bridgehead atoms. The number of halogens is 1. The van der Waals surface area contributed by atoms with Crippen molar-refractivity contribution < 1.29 is 9.53 Å². The summed E-state index contributed by atoms with van der Waals surface area (Å²) in [6, 6.07) is 20.4. The number of hydrogen-bond acceptors (Lipinski definition) is 7. The van der Waals surface area contributed by atoms with E-state index >= 15 is 0 Å². The molecule has 7 nitrogen and oxygen atoms in total. The molecule has 2 aromatic carbocycles. The molecule has 1 atom stereocenters. The molecule has 0 radical (unpaired) electrons. The first-order valence-electron chi connectivity index (χ1n) is 12.0. The third-order valence-electron chi connectivity index (χ3n) is 6.41. The van der Waals surface area contributed by atoms with Crippen LogP contribution < -0.4 is 14.9 Å². The van der Waals surface area contributed by atoms with Crippen LogP contribution in [-0.2, 0) is 9.53 Å². The standard InChI is InChI=1S/C29H21ClN4O3S2/c1-17-24(28(36)37-2)26(22-9-6-14-38-22)34-27(35)23(39-29(34)31-17)15-19-16-33(21-7-4-3-5-8-21)32-25(19)18-10-12-20(30)13-11-18/h3-16,26H,1-2H3/b23-15+. The van der Waals surface area contributed by atoms with E-state index in [0.29, 0.717) is 31.3 Å². The summed E-state index contributed by atoms with van der Waals surface area (Å²) < 4.78 is 8.94. The van der Waals surface area contributed by atoms with Crippen molar-refractivity contribution >= 4 is 46.3 Å². The third kappa shape index (κ3) is 4.58. The van der Waals surface area contributed by atoms with Crippen molar-refractivity contribution in [3.63, 3.8) is 0 Å². The largest absolute Gasteiger partial charge is 0.466 e. The van der Waals surface area contributed by atoms with Crippen molar-refractivity contribution in [2.24, 2.45) is 4.99 Å². The van der Waals surface area contributed by atoms with Gasteiger partial charge in [0.1, 0.15) is 11.7 Å². The third-order valence-corrected chi connectivity index (χ3v) is 8.57. The lowest BCUT2D eigenvalue weighted by atomic mass is 10.0. The van der Waals surface area contributed by atoms with Crippen molar-refractivity contribution in [2.45, 2.75) is 13.0 Å². The minimum Gasteiger partial charge on any atom is -0.466 e. The van der Waals surface area contributed by atoms with E-state index in [9.17, 15) is 9.59 Å². The Bertz CT molecular complexity index is 1900. The quantitative estimate of drug-likeness (QED) is 0.278. The maximum Gasteiger partial charge on any atom is 0.338 e. The molecule has 6 rings (SSSR count). The molecule has 1 unspecified atom stereocenters. The van der Waals surface area contributed by atoms with Crippen LogP contribution in [0.25, 0.3) is 23.0 Å². The number of hydrogen-bond donors (Lipinski definition) is 0. The average molecular weight is 573 g/mol. The van der Waals surface area contributed by atoms with Crippen molar-refractivity contribution in [3.05, 3.63) is 125 Å². The lowest BCUT2D eigenvalue weighted by Crippen LogP contribution is -2.39. The highest BCUT2D eigenvalue weighted by Crippen LogP contribution is 2.33. The van der Waals surface area contributed by atoms with Gasteiger partial charge in [0, 0.05) is 27.2 Å². The summed E-state index contributed by atoms with van der Waals surface area (Å²) in [7, 11) is 1.34. The fourth-order valence-electron chi connectivity index (χ4n) is 4.59. The minimum absolute atomic E-state index is 0.236. The Hall–Kier alpha value is -4.05. The summed E-state index contributed by atoms with van der Waals surface area (Å²) in [5.41, 5.74) is 3.90. The van der Waals surface area contributed by atoms with Gasteiger partial charge in [0.2, 0.25) is 0 Å². The molecular formula is C29H21ClN4O3S2. The summed E-state index contributed by atoms with van der Waals surface area (Å²) in [5, 5.41) is 7.40. The number of methoxy groups -OCH3 is 1. The molecule has 1 aliphatic rings. The van der Waals surface area contributed by atoms with Gasteiger partial charge in [-0.15, -0.1) is 11.3 Å². The first kappa shape index (κ1) is 25.2. The summed E-state index contributed by atoms with van der Waals surface area (Å²) >= 11 is 8.90. The van der Waals surface area contributed by atoms with E-state index in [1.165, 1.54) is 29.8 Å². The molecule has 0 fully saturated rings. The maximum atomic E-state index is 13.9. The smallest absolute Gasteiger partial charge is 0.338 e. The molecule has 10 heteroatoms. The molecule has 5 aromatic rings. The molecule has 3 aromatic heterocycles. The molecule has 39 heavy (non-hydrogen) atoms. The Kier molecular flexibility index (Phi) is 6.64. The van der Waals surface area contributed by atoms with Gasteiger partial charge in [-0.2, -0.15) is 5.10 Å². The Morgan fingerprint density at radius 3 is 2.54 bits per heavy atom. The number of thiazole rings is 1. The Morgan fingerprint density at radius 1 is 1.08 bits per heavy atom. The zero-order valence-corrected chi connectivity index (χ0v) is 23.3. The van der Waals surface area contributed by atoms with E-state index in [0.717, 1.165) is 21.7 Å². The normalized spacial score (nSPS) is 15.3. The van der Waals surface area contributed by atoms with Gasteiger partial charge in [-0.05, 0) is 48.7 Å². The van der Waals surface area contributed by atoms with Gasteiger partial charge in [0.15, 0.2) is 4.80 Å². The second kappa shape index (κ2) is 10.3. The molecule has 0 spiro atoms. The molecule has 194 valence electrons. The summed E-state index contributed by atoms with van der Waals surface area (Å²) in [4.78, 5) is 32.7. The number of esters is 1. The molecular weight excluding hydrogens is 552 g/mol. The Labute approximate surface area is 236 Å². The molecule has 4 heterocycles. The first-order chi connectivity index (χ1) is 18.9. The first-order valence-corrected chi connectivity index (χ1v) is 14.1. The fraction of sp³-hybridized carbons (Fsp3) is 0.103. The molecule has 0 aliphatic carbocycles. The summed E-state index contributed by atoms with van der Waals surface area (Å²) in [5.74, 6) is -0.502. The number of carbonyl (C=O) groups excluding carboxylic acids is 1. The van der Waals surface area contributed by atoms with Crippen LogP contribution in [0.5, 0.6) is 0 Å². The van der Waals surface area contributed by atoms with Gasteiger partial charge in [0.25, 0.3) is 5.56 Å². The number of carbonyl (C=O) groups is 1. The van der Waals surface area contributed by atoms with Gasteiger partial charge in [-0.3, -0.25) is 9.36 Å². The van der Waals surface area contributed by atoms with Crippen LogP contribution >= 0.6 is 34.3 Å². The molecule has 1 aliphatic heterocycles.